The van der Waals surface area contributed by atoms with Crippen LogP contribution in [0.3, 0.4) is 0 Å². The largest absolute Gasteiger partial charge is 0.309 e. The van der Waals surface area contributed by atoms with E-state index in [9.17, 15) is 0 Å². The van der Waals surface area contributed by atoms with Crippen molar-refractivity contribution in [1.82, 2.24) is 4.57 Å². The van der Waals surface area contributed by atoms with E-state index >= 15 is 0 Å². The van der Waals surface area contributed by atoms with Crippen molar-refractivity contribution in [2.24, 2.45) is 0 Å². The third-order valence-electron chi connectivity index (χ3n) is 9.92. The molecule has 49 heavy (non-hydrogen) atoms. The number of aromatic nitrogens is 1. The second-order valence-corrected chi connectivity index (χ2v) is 16.1. The van der Waals surface area contributed by atoms with Crippen LogP contribution in [0.4, 0.5) is 17.1 Å². The zero-order chi connectivity index (χ0) is 34.1. The first-order valence-electron chi connectivity index (χ1n) is 17.1. The van der Waals surface area contributed by atoms with Crippen LogP contribution in [0.15, 0.2) is 144 Å². The summed E-state index contributed by atoms with van der Waals surface area (Å²) in [6.07, 6.45) is 0. The molecule has 242 valence electrons. The smallest absolute Gasteiger partial charge is 0.0656 e. The Kier molecular flexibility index (Phi) is 7.46. The van der Waals surface area contributed by atoms with E-state index in [2.05, 4.69) is 206 Å². The van der Waals surface area contributed by atoms with Crippen LogP contribution in [0.2, 0.25) is 0 Å². The van der Waals surface area contributed by atoms with Crippen molar-refractivity contribution in [1.29, 1.82) is 0 Å². The summed E-state index contributed by atoms with van der Waals surface area (Å²) in [5, 5.41) is 7.45. The molecule has 8 aromatic rings. The van der Waals surface area contributed by atoms with Crippen LogP contribution in [-0.2, 0) is 10.8 Å². The topological polar surface area (TPSA) is 8.17 Å². The fraction of sp³-hybridized carbons (Fsp3) is 0.174. The molecule has 3 heteroatoms. The third-order valence-corrected chi connectivity index (χ3v) is 10.7. The van der Waals surface area contributed by atoms with E-state index in [0.717, 1.165) is 27.2 Å². The number of benzene rings is 7. The third kappa shape index (κ3) is 5.51. The summed E-state index contributed by atoms with van der Waals surface area (Å²) in [5.41, 5.74) is 9.59. The number of anilines is 3. The van der Waals surface area contributed by atoms with Crippen molar-refractivity contribution in [3.8, 4) is 5.69 Å². The molecule has 0 unspecified atom stereocenters. The second-order valence-electron chi connectivity index (χ2n) is 15.3. The number of nitrogens with zero attached hydrogens (tertiary/aromatic N) is 2. The maximum absolute atomic E-state index is 4.20. The minimum atomic E-state index is 0.0466. The first kappa shape index (κ1) is 31.4. The van der Waals surface area contributed by atoms with Crippen molar-refractivity contribution in [2.45, 2.75) is 52.4 Å². The van der Waals surface area contributed by atoms with Crippen LogP contribution in [-0.4, -0.2) is 4.57 Å². The number of hydrogen-bond acceptors (Lipinski definition) is 1. The van der Waals surface area contributed by atoms with Gasteiger partial charge < -0.3 is 9.47 Å². The van der Waals surface area contributed by atoms with Gasteiger partial charge in [-0.3, -0.25) is 0 Å². The van der Waals surface area contributed by atoms with Gasteiger partial charge in [-0.05, 0) is 120 Å². The fourth-order valence-electron chi connectivity index (χ4n) is 7.13. The van der Waals surface area contributed by atoms with Crippen molar-refractivity contribution in [2.75, 3.05) is 4.90 Å². The minimum absolute atomic E-state index is 0.0466. The molecule has 0 spiro atoms. The lowest BCUT2D eigenvalue weighted by Gasteiger charge is -2.28. The van der Waals surface area contributed by atoms with E-state index in [1.165, 1.54) is 54.5 Å². The molecule has 0 saturated heterocycles. The zero-order valence-corrected chi connectivity index (χ0v) is 30.6. The molecule has 0 atom stereocenters. The molecule has 2 nitrogen and oxygen atoms in total. The van der Waals surface area contributed by atoms with Gasteiger partial charge in [-0.2, -0.15) is 0 Å². The molecule has 0 fully saturated rings. The summed E-state index contributed by atoms with van der Waals surface area (Å²) in [6.45, 7) is 13.8. The molecule has 0 bridgehead atoms. The summed E-state index contributed by atoms with van der Waals surface area (Å²) >= 11 is 4.20. The maximum atomic E-state index is 4.20. The Balaban J connectivity index is 1.39. The van der Waals surface area contributed by atoms with Gasteiger partial charge in [0.15, 0.2) is 0 Å². The molecule has 0 aliphatic heterocycles. The predicted molar refractivity (Wildman–Crippen MR) is 216 cm³/mol. The Morgan fingerprint density at radius 3 is 1.41 bits per heavy atom. The Morgan fingerprint density at radius 2 is 0.939 bits per heavy atom. The van der Waals surface area contributed by atoms with Gasteiger partial charge in [0.25, 0.3) is 0 Å². The Bertz CT molecular complexity index is 2390. The Hall–Kier alpha value is -4.86. The number of rotatable bonds is 4. The van der Waals surface area contributed by atoms with E-state index in [1.54, 1.807) is 0 Å². The Morgan fingerprint density at radius 1 is 0.469 bits per heavy atom. The van der Waals surface area contributed by atoms with Crippen LogP contribution in [0, 0.1) is 0 Å². The average molecular weight is 702 g/mol. The normalized spacial score (nSPS) is 12.4. The van der Waals surface area contributed by atoms with Crippen molar-refractivity contribution in [3.05, 3.63) is 155 Å². The standard InChI is InChI=1S/C46H41BrN2/c1-45(2,3)34-20-24-40-38(28-34)39-29-35(46(4,5)6)21-25-41(39)49(40)43-17-11-16-42(44(43)47)48(36-22-18-30-12-7-9-14-32(30)26-36)37-23-19-31-13-8-10-15-33(31)27-37/h7-29H,1-6H3. The number of hydrogen-bond donors (Lipinski definition) is 0. The quantitative estimate of drug-likeness (QED) is 0.177. The lowest BCUT2D eigenvalue weighted by molar-refractivity contribution is 0.590. The van der Waals surface area contributed by atoms with E-state index in [1.807, 2.05) is 0 Å². The zero-order valence-electron chi connectivity index (χ0n) is 29.1. The van der Waals surface area contributed by atoms with E-state index in [0.29, 0.717) is 0 Å². The molecule has 0 N–H and O–H groups in total. The number of halogens is 1. The highest BCUT2D eigenvalue weighted by Gasteiger charge is 2.24. The minimum Gasteiger partial charge on any atom is -0.309 e. The van der Waals surface area contributed by atoms with Gasteiger partial charge in [-0.15, -0.1) is 0 Å². The van der Waals surface area contributed by atoms with Crippen LogP contribution in [0.1, 0.15) is 52.7 Å². The summed E-state index contributed by atoms with van der Waals surface area (Å²) in [4.78, 5) is 2.38. The van der Waals surface area contributed by atoms with E-state index in [4.69, 9.17) is 0 Å². The fourth-order valence-corrected chi connectivity index (χ4v) is 7.75. The number of fused-ring (bicyclic) bond motifs is 5. The van der Waals surface area contributed by atoms with Gasteiger partial charge in [0.1, 0.15) is 0 Å². The first-order chi connectivity index (χ1) is 23.5. The van der Waals surface area contributed by atoms with Crippen molar-refractivity contribution >= 4 is 76.3 Å². The molecule has 0 saturated carbocycles. The molecule has 0 aliphatic carbocycles. The molecular formula is C46H41BrN2. The van der Waals surface area contributed by atoms with Gasteiger partial charge in [0.05, 0.1) is 26.9 Å². The summed E-state index contributed by atoms with van der Waals surface area (Å²) in [5.74, 6) is 0. The Labute approximate surface area is 297 Å². The van der Waals surface area contributed by atoms with E-state index in [-0.39, 0.29) is 10.8 Å². The lowest BCUT2D eigenvalue weighted by atomic mass is 9.85. The van der Waals surface area contributed by atoms with Crippen LogP contribution < -0.4 is 4.90 Å². The van der Waals surface area contributed by atoms with Crippen LogP contribution in [0.5, 0.6) is 0 Å². The molecule has 1 heterocycles. The first-order valence-corrected chi connectivity index (χ1v) is 17.9. The summed E-state index contributed by atoms with van der Waals surface area (Å²) in [6, 6.07) is 51.4. The highest BCUT2D eigenvalue weighted by atomic mass is 79.9. The van der Waals surface area contributed by atoms with Gasteiger partial charge in [-0.25, -0.2) is 0 Å². The van der Waals surface area contributed by atoms with Crippen molar-refractivity contribution in [3.63, 3.8) is 0 Å². The molecule has 0 amide bonds. The van der Waals surface area contributed by atoms with Gasteiger partial charge in [-0.1, -0.05) is 120 Å². The summed E-state index contributed by atoms with van der Waals surface area (Å²) < 4.78 is 3.48. The van der Waals surface area contributed by atoms with Gasteiger partial charge >= 0.3 is 0 Å². The monoisotopic (exact) mass is 700 g/mol. The molecule has 7 aromatic carbocycles. The molecular weight excluding hydrogens is 660 g/mol. The maximum Gasteiger partial charge on any atom is 0.0656 e. The lowest BCUT2D eigenvalue weighted by Crippen LogP contribution is -2.12. The average Bonchev–Trinajstić information content (AvgIpc) is 3.41. The summed E-state index contributed by atoms with van der Waals surface area (Å²) in [7, 11) is 0. The van der Waals surface area contributed by atoms with Crippen LogP contribution >= 0.6 is 15.9 Å². The molecule has 1 aromatic heterocycles. The van der Waals surface area contributed by atoms with Gasteiger partial charge in [0, 0.05) is 22.1 Å². The highest BCUT2D eigenvalue weighted by Crippen LogP contribution is 2.45. The van der Waals surface area contributed by atoms with E-state index < -0.39 is 0 Å². The second kappa shape index (κ2) is 11.6. The SMILES string of the molecule is CC(C)(C)c1ccc2c(c1)c1cc(C(C)(C)C)ccc1n2-c1cccc(N(c2ccc3ccccc3c2)c2ccc3ccccc3c2)c1Br. The molecule has 0 aliphatic rings. The highest BCUT2D eigenvalue weighted by molar-refractivity contribution is 9.10. The van der Waals surface area contributed by atoms with Gasteiger partial charge in [0.2, 0.25) is 0 Å². The molecule has 8 rings (SSSR count). The van der Waals surface area contributed by atoms with Crippen LogP contribution in [0.25, 0.3) is 49.0 Å². The predicted octanol–water partition coefficient (Wildman–Crippen LogP) is 13.9. The molecule has 0 radical (unpaired) electrons. The van der Waals surface area contributed by atoms with Crippen molar-refractivity contribution < 1.29 is 0 Å².